The van der Waals surface area contributed by atoms with E-state index >= 15 is 0 Å². The number of nitrogens with zero attached hydrogens (tertiary/aromatic N) is 5. The number of imidazole rings is 1. The molecule has 0 aliphatic heterocycles. The van der Waals surface area contributed by atoms with E-state index in [1.165, 1.54) is 84.2 Å². The van der Waals surface area contributed by atoms with Crippen molar-refractivity contribution in [3.63, 3.8) is 0 Å². The third-order valence-corrected chi connectivity index (χ3v) is 20.5. The van der Waals surface area contributed by atoms with Gasteiger partial charge in [0.05, 0.1) is 0 Å². The first kappa shape index (κ1) is 50.1. The summed E-state index contributed by atoms with van der Waals surface area (Å²) in [7, 11) is 0. The summed E-state index contributed by atoms with van der Waals surface area (Å²) in [6.45, 7) is 6.74. The molecule has 0 radical (unpaired) electrons. The van der Waals surface area contributed by atoms with Crippen LogP contribution in [0.1, 0.15) is 26.3 Å². The van der Waals surface area contributed by atoms with E-state index in [2.05, 4.69) is 307 Å². The number of ether oxygens (including phenoxy) is 1. The maximum atomic E-state index is 7.00. The van der Waals surface area contributed by atoms with Crippen LogP contribution >= 0.6 is 22.7 Å². The molecule has 9 heteroatoms. The van der Waals surface area contributed by atoms with Crippen molar-refractivity contribution in [2.75, 3.05) is 0 Å². The minimum atomic E-state index is -0.0376. The van der Waals surface area contributed by atoms with Gasteiger partial charge in [-0.25, -0.2) is 0 Å². The van der Waals surface area contributed by atoms with Gasteiger partial charge in [-0.1, -0.05) is 32.9 Å². The second-order valence-electron chi connectivity index (χ2n) is 23.0. The number of hydrogen-bond donors (Lipinski definition) is 0. The molecule has 0 fully saturated rings. The summed E-state index contributed by atoms with van der Waals surface area (Å²) >= 11 is 6.35. The predicted molar refractivity (Wildman–Crippen MR) is 354 cm³/mol. The van der Waals surface area contributed by atoms with Crippen molar-refractivity contribution >= 4 is 118 Å². The normalized spacial score (nSPS) is 12.2. The van der Waals surface area contributed by atoms with E-state index in [0.717, 1.165) is 76.8 Å². The number of aromatic nitrogens is 5. The molecule has 0 atom stereocenters. The van der Waals surface area contributed by atoms with Crippen LogP contribution in [0.25, 0.3) is 140 Å². The number of rotatable bonds is 8. The third-order valence-electron chi connectivity index (χ3n) is 17.0. The van der Waals surface area contributed by atoms with Crippen molar-refractivity contribution in [3.8, 4) is 56.6 Å². The Balaban J connectivity index is 0.914. The van der Waals surface area contributed by atoms with Crippen LogP contribution in [0.4, 0.5) is 0 Å². The van der Waals surface area contributed by atoms with Crippen molar-refractivity contribution in [1.82, 2.24) is 23.3 Å². The van der Waals surface area contributed by atoms with Gasteiger partial charge in [-0.3, -0.25) is 0 Å². The van der Waals surface area contributed by atoms with Crippen molar-refractivity contribution in [3.05, 3.63) is 264 Å². The van der Waals surface area contributed by atoms with Gasteiger partial charge >= 0.3 is 456 Å². The van der Waals surface area contributed by atoms with Gasteiger partial charge in [0.15, 0.2) is 0 Å². The molecule has 85 heavy (non-hydrogen) atoms. The summed E-state index contributed by atoms with van der Waals surface area (Å²) in [6.07, 6.45) is 1.93. The molecule has 6 nitrogen and oxygen atoms in total. The van der Waals surface area contributed by atoms with Crippen LogP contribution in [0.5, 0.6) is 11.5 Å². The molecule has 6 aromatic heterocycles. The van der Waals surface area contributed by atoms with Crippen LogP contribution in [0.2, 0.25) is 0 Å². The molecule has 11 aromatic carbocycles. The molecule has 0 unspecified atom stereocenters. The number of para-hydroxylation sites is 5. The molecule has 0 spiro atoms. The quantitative estimate of drug-likeness (QED) is 0.152. The van der Waals surface area contributed by atoms with Gasteiger partial charge in [-0.15, -0.1) is 0 Å². The first-order chi connectivity index (χ1) is 41.7. The zero-order valence-electron chi connectivity index (χ0n) is 46.5. The van der Waals surface area contributed by atoms with Gasteiger partial charge in [-0.2, -0.15) is 0 Å². The van der Waals surface area contributed by atoms with E-state index in [9.17, 15) is 0 Å². The molecule has 0 saturated carbocycles. The predicted octanol–water partition coefficient (Wildman–Crippen LogP) is 21.2. The Labute approximate surface area is 508 Å². The standard InChI is InChI=1S/C76H51N5OS2.Pt/c1-76(2,3)47-39-40-77-72(41-47)81-66-32-11-6-23-54(66)55-38-37-51(45-69(55)81)82-50-20-16-19-48(42-50)78-46-79(68-34-13-12-33-67(68)78)73-62(60-28-17-26-58-56-24-7-14-35-70(56)83-74(58)60)43-49(80-64-30-9-4-21-52(64)53-22-5-10-31-65(53)80)44-63(73)61-29-18-27-59-57-25-8-15-36-71(57)84-75(59)61;/h4-45H,1-3H3;. The second kappa shape index (κ2) is 19.3. The molecule has 0 saturated heterocycles. The fourth-order valence-corrected chi connectivity index (χ4v) is 16.7. The Kier molecular flexibility index (Phi) is 11.4. The van der Waals surface area contributed by atoms with Crippen molar-refractivity contribution in [2.45, 2.75) is 26.2 Å². The van der Waals surface area contributed by atoms with Crippen molar-refractivity contribution in [2.24, 2.45) is 0 Å². The van der Waals surface area contributed by atoms with Gasteiger partial charge in [0.1, 0.15) is 0 Å². The topological polar surface area (TPSA) is 41.8 Å². The van der Waals surface area contributed by atoms with E-state index in [1.807, 2.05) is 28.9 Å². The fraction of sp³-hybridized carbons (Fsp3) is 0.0526. The van der Waals surface area contributed by atoms with Crippen molar-refractivity contribution < 1.29 is 24.1 Å². The molecule has 0 bridgehead atoms. The van der Waals surface area contributed by atoms with Crippen LogP contribution in [0.3, 0.4) is 0 Å². The van der Waals surface area contributed by atoms with E-state index in [-0.39, 0.29) is 5.41 Å². The summed E-state index contributed by atoms with van der Waals surface area (Å²) < 4.78 is 22.8. The van der Waals surface area contributed by atoms with Crippen LogP contribution in [0, 0.1) is 3.80 Å². The number of fused-ring (bicyclic) bond motifs is 13. The zero-order chi connectivity index (χ0) is 56.7. The molecule has 17 aromatic rings. The molecule has 17 rings (SSSR count). The summed E-state index contributed by atoms with van der Waals surface area (Å²) in [5.41, 5.74) is 15.7. The molecular weight excluding hydrogens is 1260 g/mol. The average molecular weight is 1310 g/mol. The Morgan fingerprint density at radius 2 is 0.847 bits per heavy atom. The van der Waals surface area contributed by atoms with E-state index < -0.39 is 0 Å². The fourth-order valence-electron chi connectivity index (χ4n) is 13.2. The number of benzene rings is 11. The minimum absolute atomic E-state index is 0.0376. The Morgan fingerprint density at radius 1 is 0.365 bits per heavy atom. The van der Waals surface area contributed by atoms with Crippen molar-refractivity contribution in [1.29, 1.82) is 0 Å². The van der Waals surface area contributed by atoms with Gasteiger partial charge in [-0.05, 0) is 17.0 Å². The summed E-state index contributed by atoms with van der Waals surface area (Å²) in [6, 6.07) is 91.0. The SMILES string of the molecule is CC(C)(C)c1ccnc(-n2c3ccccc3c3ccc(Oc4cccc(-n5[c](=[Pt])n(-c6c(-c7cccc8c7sc7ccccc78)cc(-n7c8ccccc8c8ccccc87)cc6-c6cccc7c6sc6ccccc67)c6ccccc65)c4)cc32)c1. The van der Waals surface area contributed by atoms with E-state index in [0.29, 0.717) is 0 Å². The third kappa shape index (κ3) is 7.86. The second-order valence-corrected chi connectivity index (χ2v) is 26.1. The molecule has 0 amide bonds. The Hall–Kier alpha value is -9.43. The van der Waals surface area contributed by atoms with Gasteiger partial charge in [0, 0.05) is 6.20 Å². The molecule has 0 aliphatic carbocycles. The summed E-state index contributed by atoms with van der Waals surface area (Å²) in [5.74, 6) is 2.36. The maximum absolute atomic E-state index is 7.00. The van der Waals surface area contributed by atoms with E-state index in [1.54, 1.807) is 0 Å². The van der Waals surface area contributed by atoms with Gasteiger partial charge in [0.2, 0.25) is 0 Å². The zero-order valence-corrected chi connectivity index (χ0v) is 50.4. The average Bonchev–Trinajstić information content (AvgIpc) is 2.86. The van der Waals surface area contributed by atoms with Crippen LogP contribution < -0.4 is 4.74 Å². The number of pyridine rings is 1. The number of thiophene rings is 2. The Bertz CT molecular complexity index is 5500. The Morgan fingerprint density at radius 3 is 1.44 bits per heavy atom. The first-order valence-electron chi connectivity index (χ1n) is 28.7. The molecular formula is C76H51N5OPtS2. The van der Waals surface area contributed by atoms with Crippen LogP contribution in [0.15, 0.2) is 255 Å². The first-order valence-corrected chi connectivity index (χ1v) is 31.4. The van der Waals surface area contributed by atoms with Gasteiger partial charge < -0.3 is 0 Å². The van der Waals surface area contributed by atoms with Gasteiger partial charge in [0.25, 0.3) is 0 Å². The molecule has 408 valence electrons. The summed E-state index contributed by atoms with van der Waals surface area (Å²) in [4.78, 5) is 4.96. The van der Waals surface area contributed by atoms with E-state index in [4.69, 9.17) is 9.72 Å². The summed E-state index contributed by atoms with van der Waals surface area (Å²) in [5, 5.41) is 9.82. The number of hydrogen-bond acceptors (Lipinski definition) is 4. The molecule has 0 aliphatic rings. The molecule has 0 N–H and O–H groups in total. The monoisotopic (exact) mass is 1310 g/mol. The van der Waals surface area contributed by atoms with Crippen LogP contribution in [-0.2, 0) is 24.8 Å². The van der Waals surface area contributed by atoms with Crippen LogP contribution in [-0.4, -0.2) is 23.3 Å². The molecule has 6 heterocycles.